The second-order valence-corrected chi connectivity index (χ2v) is 6.23. The maximum Gasteiger partial charge on any atom is 0.310 e. The number of carbonyl (C=O) groups is 1. The molecule has 1 heterocycles. The molecule has 1 unspecified atom stereocenters. The van der Waals surface area contributed by atoms with E-state index < -0.39 is 0 Å². The fourth-order valence-corrected chi connectivity index (χ4v) is 3.49. The van der Waals surface area contributed by atoms with Crippen molar-refractivity contribution < 1.29 is 14.3 Å². The summed E-state index contributed by atoms with van der Waals surface area (Å²) in [5, 5.41) is 0. The molecule has 4 nitrogen and oxygen atoms in total. The van der Waals surface area contributed by atoms with E-state index in [1.807, 2.05) is 18.2 Å². The summed E-state index contributed by atoms with van der Waals surface area (Å²) in [5.41, 5.74) is 7.39. The molecule has 0 aromatic heterocycles. The van der Waals surface area contributed by atoms with Gasteiger partial charge in [0.05, 0.1) is 18.1 Å². The number of anilines is 1. The van der Waals surface area contributed by atoms with Gasteiger partial charge in [-0.05, 0) is 37.3 Å². The molecule has 1 aliphatic heterocycles. The number of hydrogen-bond acceptors (Lipinski definition) is 4. The van der Waals surface area contributed by atoms with Crippen LogP contribution in [-0.2, 0) is 20.7 Å². The lowest BCUT2D eigenvalue weighted by Gasteiger charge is -2.23. The normalized spacial score (nSPS) is 23.5. The van der Waals surface area contributed by atoms with Gasteiger partial charge in [-0.15, -0.1) is 0 Å². The number of nitrogen functional groups attached to an aromatic ring is 1. The highest BCUT2D eigenvalue weighted by Crippen LogP contribution is 2.43. The SMILES string of the molecule is Nc1ccccc1CC(=O)OCC1CCC2(CCCC2)O1. The molecule has 1 aromatic rings. The van der Waals surface area contributed by atoms with E-state index in [9.17, 15) is 4.79 Å². The van der Waals surface area contributed by atoms with Gasteiger partial charge in [-0.25, -0.2) is 0 Å². The fourth-order valence-electron chi connectivity index (χ4n) is 3.49. The van der Waals surface area contributed by atoms with Crippen molar-refractivity contribution in [1.29, 1.82) is 0 Å². The highest BCUT2D eigenvalue weighted by atomic mass is 16.6. The zero-order valence-corrected chi connectivity index (χ0v) is 12.3. The summed E-state index contributed by atoms with van der Waals surface area (Å²) in [5.74, 6) is -0.233. The van der Waals surface area contributed by atoms with Gasteiger partial charge in [0.1, 0.15) is 6.61 Å². The van der Waals surface area contributed by atoms with Gasteiger partial charge >= 0.3 is 5.97 Å². The predicted molar refractivity (Wildman–Crippen MR) is 80.8 cm³/mol. The molecule has 2 aliphatic rings. The average molecular weight is 289 g/mol. The maximum absolute atomic E-state index is 11.9. The first-order chi connectivity index (χ1) is 10.2. The first kappa shape index (κ1) is 14.4. The highest BCUT2D eigenvalue weighted by Gasteiger charge is 2.42. The van der Waals surface area contributed by atoms with E-state index in [2.05, 4.69) is 0 Å². The molecule has 3 rings (SSSR count). The Balaban J connectivity index is 1.45. The zero-order chi connectivity index (χ0) is 14.7. The van der Waals surface area contributed by atoms with E-state index in [4.69, 9.17) is 15.2 Å². The maximum atomic E-state index is 11.9. The van der Waals surface area contributed by atoms with Gasteiger partial charge in [0.25, 0.3) is 0 Å². The van der Waals surface area contributed by atoms with Crippen molar-refractivity contribution in [2.45, 2.75) is 56.7 Å². The summed E-state index contributed by atoms with van der Waals surface area (Å²) in [6, 6.07) is 7.39. The van der Waals surface area contributed by atoms with Crippen molar-refractivity contribution in [3.05, 3.63) is 29.8 Å². The quantitative estimate of drug-likeness (QED) is 0.684. The minimum Gasteiger partial charge on any atom is -0.463 e. The molecular weight excluding hydrogens is 266 g/mol. The molecule has 1 spiro atoms. The lowest BCUT2D eigenvalue weighted by molar-refractivity contribution is -0.148. The molecule has 2 N–H and O–H groups in total. The summed E-state index contributed by atoms with van der Waals surface area (Å²) in [7, 11) is 0. The van der Waals surface area contributed by atoms with Crippen LogP contribution in [0.2, 0.25) is 0 Å². The van der Waals surface area contributed by atoms with E-state index >= 15 is 0 Å². The Labute approximate surface area is 125 Å². The Kier molecular flexibility index (Phi) is 4.15. The molecule has 1 saturated carbocycles. The van der Waals surface area contributed by atoms with Crippen LogP contribution in [0, 0.1) is 0 Å². The van der Waals surface area contributed by atoms with Crippen LogP contribution in [0.1, 0.15) is 44.1 Å². The third kappa shape index (κ3) is 3.38. The number of benzene rings is 1. The van der Waals surface area contributed by atoms with Crippen LogP contribution in [0.15, 0.2) is 24.3 Å². The van der Waals surface area contributed by atoms with Gasteiger partial charge < -0.3 is 15.2 Å². The van der Waals surface area contributed by atoms with Gasteiger partial charge in [-0.2, -0.15) is 0 Å². The number of esters is 1. The molecule has 1 atom stereocenters. The summed E-state index contributed by atoms with van der Waals surface area (Å²) < 4.78 is 11.5. The summed E-state index contributed by atoms with van der Waals surface area (Å²) in [4.78, 5) is 11.9. The lowest BCUT2D eigenvalue weighted by Crippen LogP contribution is -2.27. The Bertz CT molecular complexity index is 509. The van der Waals surface area contributed by atoms with Gasteiger partial charge in [0, 0.05) is 5.69 Å². The van der Waals surface area contributed by atoms with E-state index in [0.29, 0.717) is 12.3 Å². The van der Waals surface area contributed by atoms with Crippen molar-refractivity contribution in [2.75, 3.05) is 12.3 Å². The molecule has 1 aromatic carbocycles. The Morgan fingerprint density at radius 3 is 2.81 bits per heavy atom. The molecule has 1 aliphatic carbocycles. The van der Waals surface area contributed by atoms with Crippen molar-refractivity contribution in [3.63, 3.8) is 0 Å². The van der Waals surface area contributed by atoms with Gasteiger partial charge in [0.15, 0.2) is 0 Å². The van der Waals surface area contributed by atoms with Crippen LogP contribution >= 0.6 is 0 Å². The first-order valence-corrected chi connectivity index (χ1v) is 7.84. The summed E-state index contributed by atoms with van der Waals surface area (Å²) in [6.45, 7) is 0.368. The first-order valence-electron chi connectivity index (χ1n) is 7.84. The van der Waals surface area contributed by atoms with E-state index in [1.54, 1.807) is 6.07 Å². The standard InChI is InChI=1S/C17H23NO3/c18-15-6-2-1-5-13(15)11-16(19)20-12-14-7-10-17(21-14)8-3-4-9-17/h1-2,5-6,14H,3-4,7-12,18H2. The average Bonchev–Trinajstić information content (AvgIpc) is 3.10. The van der Waals surface area contributed by atoms with Crippen molar-refractivity contribution in [3.8, 4) is 0 Å². The molecule has 4 heteroatoms. The Morgan fingerprint density at radius 2 is 2.05 bits per heavy atom. The second-order valence-electron chi connectivity index (χ2n) is 6.23. The molecule has 1 saturated heterocycles. The third-order valence-corrected chi connectivity index (χ3v) is 4.67. The number of carbonyl (C=O) groups excluding carboxylic acids is 1. The largest absolute Gasteiger partial charge is 0.463 e. The van der Waals surface area contributed by atoms with Crippen molar-refractivity contribution in [2.24, 2.45) is 0 Å². The lowest BCUT2D eigenvalue weighted by atomic mass is 9.98. The fraction of sp³-hybridized carbons (Fsp3) is 0.588. The Morgan fingerprint density at radius 1 is 1.29 bits per heavy atom. The van der Waals surface area contributed by atoms with Gasteiger partial charge in [0.2, 0.25) is 0 Å². The van der Waals surface area contributed by atoms with Crippen LogP contribution in [0.3, 0.4) is 0 Å². The monoisotopic (exact) mass is 289 g/mol. The predicted octanol–water partition coefficient (Wildman–Crippen LogP) is 2.85. The van der Waals surface area contributed by atoms with E-state index in [0.717, 1.165) is 31.2 Å². The number of hydrogen-bond donors (Lipinski definition) is 1. The number of para-hydroxylation sites is 1. The summed E-state index contributed by atoms with van der Waals surface area (Å²) >= 11 is 0. The van der Waals surface area contributed by atoms with Crippen LogP contribution < -0.4 is 5.73 Å². The molecule has 2 fully saturated rings. The highest BCUT2D eigenvalue weighted by molar-refractivity contribution is 5.74. The van der Waals surface area contributed by atoms with Crippen LogP contribution in [-0.4, -0.2) is 24.3 Å². The molecule has 21 heavy (non-hydrogen) atoms. The summed E-state index contributed by atoms with van der Waals surface area (Å²) in [6.07, 6.45) is 7.27. The smallest absolute Gasteiger partial charge is 0.310 e. The topological polar surface area (TPSA) is 61.6 Å². The molecule has 0 bridgehead atoms. The number of rotatable bonds is 4. The number of ether oxygens (including phenoxy) is 2. The minimum absolute atomic E-state index is 0.0696. The minimum atomic E-state index is -0.233. The van der Waals surface area contributed by atoms with Crippen LogP contribution in [0.5, 0.6) is 0 Å². The van der Waals surface area contributed by atoms with Gasteiger partial charge in [-0.3, -0.25) is 4.79 Å². The molecule has 0 amide bonds. The van der Waals surface area contributed by atoms with Crippen LogP contribution in [0.25, 0.3) is 0 Å². The van der Waals surface area contributed by atoms with Crippen molar-refractivity contribution in [1.82, 2.24) is 0 Å². The third-order valence-electron chi connectivity index (χ3n) is 4.67. The van der Waals surface area contributed by atoms with Gasteiger partial charge in [-0.1, -0.05) is 31.0 Å². The Hall–Kier alpha value is -1.55. The van der Waals surface area contributed by atoms with E-state index in [1.165, 1.54) is 12.8 Å². The van der Waals surface area contributed by atoms with Crippen molar-refractivity contribution >= 4 is 11.7 Å². The molecule has 0 radical (unpaired) electrons. The van der Waals surface area contributed by atoms with Crippen LogP contribution in [0.4, 0.5) is 5.69 Å². The zero-order valence-electron chi connectivity index (χ0n) is 12.3. The number of nitrogens with two attached hydrogens (primary N) is 1. The molecule has 114 valence electrons. The second kappa shape index (κ2) is 6.06. The van der Waals surface area contributed by atoms with E-state index in [-0.39, 0.29) is 24.1 Å². The molecular formula is C17H23NO3.